The highest BCUT2D eigenvalue weighted by Crippen LogP contribution is 2.28. The monoisotopic (exact) mass is 489 g/mol. The van der Waals surface area contributed by atoms with E-state index in [4.69, 9.17) is 0 Å². The second kappa shape index (κ2) is 12.3. The standard InChI is InChI=1S/C30H36FN3O2/c1-6-27(22-11-8-7-9-12-22)30(36)34(19-21(2)3)20-24-18-26(15-16-28(24)33(4)5)32-29(35)23-13-10-14-25(31)17-23/h7-18,21,27H,6,19-20H2,1-5H3,(H,32,35)/t27-/m1/s1. The summed E-state index contributed by atoms with van der Waals surface area (Å²) >= 11 is 0. The molecule has 1 N–H and O–H groups in total. The molecule has 0 saturated heterocycles. The summed E-state index contributed by atoms with van der Waals surface area (Å²) in [6.07, 6.45) is 0.710. The molecule has 3 aromatic carbocycles. The minimum atomic E-state index is -0.460. The Bertz CT molecular complexity index is 1180. The number of carbonyl (C=O) groups excluding carboxylic acids is 2. The van der Waals surface area contributed by atoms with Gasteiger partial charge in [-0.2, -0.15) is 0 Å². The molecule has 3 rings (SSSR count). The fourth-order valence-corrected chi connectivity index (χ4v) is 4.40. The largest absolute Gasteiger partial charge is 0.377 e. The molecule has 1 atom stereocenters. The molecule has 0 unspecified atom stereocenters. The lowest BCUT2D eigenvalue weighted by Crippen LogP contribution is -2.37. The molecule has 5 nitrogen and oxygen atoms in total. The van der Waals surface area contributed by atoms with Crippen molar-refractivity contribution in [3.05, 3.63) is 95.3 Å². The molecule has 0 radical (unpaired) electrons. The van der Waals surface area contributed by atoms with Gasteiger partial charge in [-0.15, -0.1) is 0 Å². The zero-order chi connectivity index (χ0) is 26.2. The Morgan fingerprint density at radius 1 is 0.944 bits per heavy atom. The van der Waals surface area contributed by atoms with Crippen molar-refractivity contribution in [2.75, 3.05) is 30.9 Å². The number of rotatable bonds is 10. The fraction of sp³-hybridized carbons (Fsp3) is 0.333. The van der Waals surface area contributed by atoms with E-state index in [0.29, 0.717) is 31.1 Å². The second-order valence-electron chi connectivity index (χ2n) is 9.69. The molecule has 36 heavy (non-hydrogen) atoms. The van der Waals surface area contributed by atoms with E-state index >= 15 is 0 Å². The Hall–Kier alpha value is -3.67. The number of carbonyl (C=O) groups is 2. The lowest BCUT2D eigenvalue weighted by molar-refractivity contribution is -0.134. The minimum Gasteiger partial charge on any atom is -0.377 e. The van der Waals surface area contributed by atoms with Gasteiger partial charge in [-0.05, 0) is 59.9 Å². The fourth-order valence-electron chi connectivity index (χ4n) is 4.40. The maximum absolute atomic E-state index is 13.8. The predicted molar refractivity (Wildman–Crippen MR) is 145 cm³/mol. The number of hydrogen-bond donors (Lipinski definition) is 1. The van der Waals surface area contributed by atoms with Gasteiger partial charge in [0.15, 0.2) is 0 Å². The Morgan fingerprint density at radius 3 is 2.28 bits per heavy atom. The van der Waals surface area contributed by atoms with Crippen LogP contribution in [0.15, 0.2) is 72.8 Å². The zero-order valence-electron chi connectivity index (χ0n) is 21.8. The summed E-state index contributed by atoms with van der Waals surface area (Å²) < 4.78 is 13.6. The number of hydrogen-bond acceptors (Lipinski definition) is 3. The molecule has 190 valence electrons. The summed E-state index contributed by atoms with van der Waals surface area (Å²) in [5, 5.41) is 2.87. The predicted octanol–water partition coefficient (Wildman–Crippen LogP) is 6.32. The molecule has 0 bridgehead atoms. The van der Waals surface area contributed by atoms with Crippen molar-refractivity contribution in [3.8, 4) is 0 Å². The van der Waals surface area contributed by atoms with Gasteiger partial charge in [0.2, 0.25) is 5.91 Å². The normalized spacial score (nSPS) is 11.8. The first-order valence-corrected chi connectivity index (χ1v) is 12.4. The van der Waals surface area contributed by atoms with Crippen LogP contribution in [0, 0.1) is 11.7 Å². The van der Waals surface area contributed by atoms with Gasteiger partial charge in [0, 0.05) is 44.1 Å². The maximum Gasteiger partial charge on any atom is 0.255 e. The van der Waals surface area contributed by atoms with E-state index in [-0.39, 0.29) is 23.3 Å². The van der Waals surface area contributed by atoms with Gasteiger partial charge in [-0.25, -0.2) is 4.39 Å². The number of nitrogens with zero attached hydrogens (tertiary/aromatic N) is 2. The van der Waals surface area contributed by atoms with Crippen LogP contribution in [-0.4, -0.2) is 37.4 Å². The average molecular weight is 490 g/mol. The summed E-state index contributed by atoms with van der Waals surface area (Å²) in [7, 11) is 3.91. The first-order chi connectivity index (χ1) is 17.2. The van der Waals surface area contributed by atoms with E-state index in [2.05, 4.69) is 19.2 Å². The number of anilines is 2. The van der Waals surface area contributed by atoms with Crippen LogP contribution in [0.2, 0.25) is 0 Å². The third-order valence-corrected chi connectivity index (χ3v) is 6.07. The molecule has 0 saturated carbocycles. The summed E-state index contributed by atoms with van der Waals surface area (Å²) in [6, 6.07) is 21.2. The third kappa shape index (κ3) is 6.94. The quantitative estimate of drug-likeness (QED) is 0.362. The molecule has 0 aromatic heterocycles. The lowest BCUT2D eigenvalue weighted by atomic mass is 9.94. The van der Waals surface area contributed by atoms with E-state index in [1.807, 2.05) is 79.3 Å². The van der Waals surface area contributed by atoms with Gasteiger partial charge in [0.1, 0.15) is 5.82 Å². The van der Waals surface area contributed by atoms with Crippen LogP contribution in [0.25, 0.3) is 0 Å². The highest BCUT2D eigenvalue weighted by Gasteiger charge is 2.26. The maximum atomic E-state index is 13.8. The van der Waals surface area contributed by atoms with E-state index in [1.54, 1.807) is 6.07 Å². The molecule has 6 heteroatoms. The van der Waals surface area contributed by atoms with Crippen molar-refractivity contribution >= 4 is 23.2 Å². The van der Waals surface area contributed by atoms with E-state index < -0.39 is 5.82 Å². The lowest BCUT2D eigenvalue weighted by Gasteiger charge is -2.30. The second-order valence-corrected chi connectivity index (χ2v) is 9.69. The van der Waals surface area contributed by atoms with Crippen LogP contribution in [0.3, 0.4) is 0 Å². The Balaban J connectivity index is 1.91. The van der Waals surface area contributed by atoms with Gasteiger partial charge >= 0.3 is 0 Å². The van der Waals surface area contributed by atoms with Crippen molar-refractivity contribution in [1.82, 2.24) is 4.90 Å². The van der Waals surface area contributed by atoms with Crippen molar-refractivity contribution < 1.29 is 14.0 Å². The van der Waals surface area contributed by atoms with Crippen LogP contribution in [0.5, 0.6) is 0 Å². The van der Waals surface area contributed by atoms with Gasteiger partial charge in [0.05, 0.1) is 5.92 Å². The molecular weight excluding hydrogens is 453 g/mol. The van der Waals surface area contributed by atoms with E-state index in [1.165, 1.54) is 18.2 Å². The van der Waals surface area contributed by atoms with Crippen LogP contribution >= 0.6 is 0 Å². The number of halogens is 1. The van der Waals surface area contributed by atoms with Crippen molar-refractivity contribution in [2.45, 2.75) is 39.7 Å². The Labute approximate surface area is 213 Å². The molecule has 2 amide bonds. The molecular formula is C30H36FN3O2. The highest BCUT2D eigenvalue weighted by molar-refractivity contribution is 6.04. The van der Waals surface area contributed by atoms with E-state index in [0.717, 1.165) is 16.8 Å². The zero-order valence-corrected chi connectivity index (χ0v) is 21.8. The summed E-state index contributed by atoms with van der Waals surface area (Å²) in [5.41, 5.74) is 3.75. The first-order valence-electron chi connectivity index (χ1n) is 12.4. The smallest absolute Gasteiger partial charge is 0.255 e. The van der Waals surface area contributed by atoms with Gasteiger partial charge in [-0.3, -0.25) is 9.59 Å². The number of amides is 2. The van der Waals surface area contributed by atoms with Crippen LogP contribution in [-0.2, 0) is 11.3 Å². The topological polar surface area (TPSA) is 52.7 Å². The SMILES string of the molecule is CC[C@@H](C(=O)N(Cc1cc(NC(=O)c2cccc(F)c2)ccc1N(C)C)CC(C)C)c1ccccc1. The van der Waals surface area contributed by atoms with E-state index in [9.17, 15) is 14.0 Å². The molecule has 3 aromatic rings. The third-order valence-electron chi connectivity index (χ3n) is 6.07. The van der Waals surface area contributed by atoms with Gasteiger partial charge < -0.3 is 15.1 Å². The highest BCUT2D eigenvalue weighted by atomic mass is 19.1. The molecule has 0 spiro atoms. The van der Waals surface area contributed by atoms with Crippen LogP contribution in [0.1, 0.15) is 54.6 Å². The first kappa shape index (κ1) is 26.9. The van der Waals surface area contributed by atoms with Crippen molar-refractivity contribution in [2.24, 2.45) is 5.92 Å². The summed E-state index contributed by atoms with van der Waals surface area (Å²) in [6.45, 7) is 7.28. The Kier molecular flexibility index (Phi) is 9.23. The van der Waals surface area contributed by atoms with Gasteiger partial charge in [0.25, 0.3) is 5.91 Å². The van der Waals surface area contributed by atoms with Crippen molar-refractivity contribution in [3.63, 3.8) is 0 Å². The number of nitrogens with one attached hydrogen (secondary N) is 1. The molecule has 0 fully saturated rings. The average Bonchev–Trinajstić information content (AvgIpc) is 2.84. The summed E-state index contributed by atoms with van der Waals surface area (Å²) in [4.78, 5) is 30.4. The number of benzene rings is 3. The van der Waals surface area contributed by atoms with Crippen LogP contribution in [0.4, 0.5) is 15.8 Å². The molecule has 0 aliphatic carbocycles. The molecule has 0 aliphatic heterocycles. The molecule has 0 aliphatic rings. The molecule has 0 heterocycles. The van der Waals surface area contributed by atoms with Crippen molar-refractivity contribution in [1.29, 1.82) is 0 Å². The summed E-state index contributed by atoms with van der Waals surface area (Å²) in [5.74, 6) is -0.679. The Morgan fingerprint density at radius 2 is 1.67 bits per heavy atom. The minimum absolute atomic E-state index is 0.0938. The van der Waals surface area contributed by atoms with Gasteiger partial charge in [-0.1, -0.05) is 57.2 Å². The van der Waals surface area contributed by atoms with Crippen LogP contribution < -0.4 is 10.2 Å².